The Morgan fingerprint density at radius 1 is 1.47 bits per heavy atom. The second kappa shape index (κ2) is 5.19. The highest BCUT2D eigenvalue weighted by atomic mass is 35.5. The van der Waals surface area contributed by atoms with Gasteiger partial charge in [0.2, 0.25) is 6.79 Å². The summed E-state index contributed by atoms with van der Waals surface area (Å²) in [5, 5.41) is 10.2. The quantitative estimate of drug-likeness (QED) is 0.924. The maximum absolute atomic E-state index is 9.62. The Hall–Kier alpha value is -0.970. The Kier molecular flexibility index (Phi) is 3.56. The smallest absolute Gasteiger partial charge is 0.231 e. The van der Waals surface area contributed by atoms with Crippen LogP contribution in [0.4, 0.5) is 0 Å². The van der Waals surface area contributed by atoms with Crippen molar-refractivity contribution in [2.75, 3.05) is 19.9 Å². The molecular formula is C14H18ClNO3. The highest BCUT2D eigenvalue weighted by Crippen LogP contribution is 2.40. The molecule has 4 nitrogen and oxygen atoms in total. The van der Waals surface area contributed by atoms with Crippen molar-refractivity contribution in [2.45, 2.75) is 26.0 Å². The molecule has 1 N–H and O–H groups in total. The first kappa shape index (κ1) is 13.0. The molecule has 5 heteroatoms. The lowest BCUT2D eigenvalue weighted by Crippen LogP contribution is -2.23. The monoisotopic (exact) mass is 283 g/mol. The van der Waals surface area contributed by atoms with E-state index in [2.05, 4.69) is 4.90 Å². The maximum Gasteiger partial charge on any atom is 0.231 e. The van der Waals surface area contributed by atoms with Crippen LogP contribution in [0.25, 0.3) is 0 Å². The molecule has 0 bridgehead atoms. The van der Waals surface area contributed by atoms with Gasteiger partial charge in [0.1, 0.15) is 0 Å². The summed E-state index contributed by atoms with van der Waals surface area (Å²) in [5.74, 6) is 1.76. The largest absolute Gasteiger partial charge is 0.454 e. The van der Waals surface area contributed by atoms with Gasteiger partial charge in [-0.2, -0.15) is 0 Å². The van der Waals surface area contributed by atoms with Crippen molar-refractivity contribution in [1.82, 2.24) is 4.90 Å². The van der Waals surface area contributed by atoms with E-state index in [0.29, 0.717) is 16.7 Å². The van der Waals surface area contributed by atoms with Crippen molar-refractivity contribution in [3.8, 4) is 11.5 Å². The SMILES string of the molecule is CC(O)C1CCN(Cc2cc(Cl)c3c(c2)OCO3)C1. The number of aliphatic hydroxyl groups excluding tert-OH is 1. The fourth-order valence-corrected chi connectivity index (χ4v) is 3.06. The number of hydrogen-bond donors (Lipinski definition) is 1. The first-order valence-corrected chi connectivity index (χ1v) is 6.99. The lowest BCUT2D eigenvalue weighted by atomic mass is 10.0. The van der Waals surface area contributed by atoms with Gasteiger partial charge < -0.3 is 14.6 Å². The van der Waals surface area contributed by atoms with E-state index in [1.165, 1.54) is 0 Å². The Bertz CT molecular complexity index is 478. The third kappa shape index (κ3) is 2.66. The van der Waals surface area contributed by atoms with Gasteiger partial charge in [-0.05, 0) is 43.5 Å². The molecule has 2 atom stereocenters. The van der Waals surface area contributed by atoms with Crippen molar-refractivity contribution in [3.05, 3.63) is 22.7 Å². The molecule has 1 aromatic carbocycles. The average molecular weight is 284 g/mol. The molecule has 0 radical (unpaired) electrons. The highest BCUT2D eigenvalue weighted by molar-refractivity contribution is 6.32. The van der Waals surface area contributed by atoms with E-state index >= 15 is 0 Å². The van der Waals surface area contributed by atoms with Crippen LogP contribution in [0.1, 0.15) is 18.9 Å². The van der Waals surface area contributed by atoms with E-state index in [1.54, 1.807) is 0 Å². The molecule has 1 saturated heterocycles. The van der Waals surface area contributed by atoms with Crippen LogP contribution in [0.5, 0.6) is 11.5 Å². The first-order chi connectivity index (χ1) is 9.13. The van der Waals surface area contributed by atoms with Crippen molar-refractivity contribution in [3.63, 3.8) is 0 Å². The van der Waals surface area contributed by atoms with Gasteiger partial charge >= 0.3 is 0 Å². The minimum absolute atomic E-state index is 0.231. The number of likely N-dealkylation sites (tertiary alicyclic amines) is 1. The van der Waals surface area contributed by atoms with Gasteiger partial charge in [-0.15, -0.1) is 0 Å². The summed E-state index contributed by atoms with van der Waals surface area (Å²) in [7, 11) is 0. The fraction of sp³-hybridized carbons (Fsp3) is 0.571. The van der Waals surface area contributed by atoms with Gasteiger partial charge in [0.25, 0.3) is 0 Å². The number of benzene rings is 1. The van der Waals surface area contributed by atoms with Crippen molar-refractivity contribution in [1.29, 1.82) is 0 Å². The summed E-state index contributed by atoms with van der Waals surface area (Å²) < 4.78 is 10.7. The molecule has 2 heterocycles. The normalized spacial score (nSPS) is 23.8. The molecule has 19 heavy (non-hydrogen) atoms. The van der Waals surface area contributed by atoms with Crippen LogP contribution >= 0.6 is 11.6 Å². The number of fused-ring (bicyclic) bond motifs is 1. The maximum atomic E-state index is 9.62. The van der Waals surface area contributed by atoms with Crippen LogP contribution < -0.4 is 9.47 Å². The van der Waals surface area contributed by atoms with E-state index in [1.807, 2.05) is 19.1 Å². The second-order valence-corrected chi connectivity index (χ2v) is 5.74. The van der Waals surface area contributed by atoms with Crippen LogP contribution in [0.15, 0.2) is 12.1 Å². The van der Waals surface area contributed by atoms with Gasteiger partial charge in [-0.3, -0.25) is 4.90 Å². The van der Waals surface area contributed by atoms with Crippen LogP contribution in [0.3, 0.4) is 0 Å². The average Bonchev–Trinajstić information content (AvgIpc) is 2.97. The molecule has 0 amide bonds. The minimum atomic E-state index is -0.231. The zero-order valence-corrected chi connectivity index (χ0v) is 11.7. The Balaban J connectivity index is 1.69. The number of hydrogen-bond acceptors (Lipinski definition) is 4. The lowest BCUT2D eigenvalue weighted by Gasteiger charge is -2.17. The number of ether oxygens (including phenoxy) is 2. The zero-order valence-electron chi connectivity index (χ0n) is 10.9. The predicted octanol–water partition coefficient (Wildman–Crippen LogP) is 2.27. The standard InChI is InChI=1S/C14H18ClNO3/c1-9(17)11-2-3-16(7-11)6-10-4-12(15)14-13(5-10)18-8-19-14/h4-5,9,11,17H,2-3,6-8H2,1H3. The second-order valence-electron chi connectivity index (χ2n) is 5.34. The van der Waals surface area contributed by atoms with Crippen molar-refractivity contribution < 1.29 is 14.6 Å². The topological polar surface area (TPSA) is 41.9 Å². The Morgan fingerprint density at radius 3 is 3.05 bits per heavy atom. The van der Waals surface area contributed by atoms with Gasteiger partial charge in [0, 0.05) is 13.1 Å². The van der Waals surface area contributed by atoms with Crippen LogP contribution in [0.2, 0.25) is 5.02 Å². The van der Waals surface area contributed by atoms with Gasteiger partial charge in [0.05, 0.1) is 11.1 Å². The predicted molar refractivity (Wildman–Crippen MR) is 72.6 cm³/mol. The third-order valence-electron chi connectivity index (χ3n) is 3.88. The third-order valence-corrected chi connectivity index (χ3v) is 4.16. The molecule has 104 valence electrons. The molecule has 1 aromatic rings. The number of halogens is 1. The summed E-state index contributed by atoms with van der Waals surface area (Å²) in [5.41, 5.74) is 1.13. The van der Waals surface area contributed by atoms with E-state index in [4.69, 9.17) is 21.1 Å². The molecular weight excluding hydrogens is 266 g/mol. The summed E-state index contributed by atoms with van der Waals surface area (Å²) in [6.45, 7) is 4.89. The van der Waals surface area contributed by atoms with Crippen molar-refractivity contribution >= 4 is 11.6 Å². The van der Waals surface area contributed by atoms with Crippen LogP contribution in [-0.4, -0.2) is 36.0 Å². The fourth-order valence-electron chi connectivity index (χ4n) is 2.77. The lowest BCUT2D eigenvalue weighted by molar-refractivity contribution is 0.127. The van der Waals surface area contributed by atoms with Gasteiger partial charge in [-0.25, -0.2) is 0 Å². The van der Waals surface area contributed by atoms with Crippen LogP contribution in [-0.2, 0) is 6.54 Å². The molecule has 3 rings (SSSR count). The molecule has 0 aromatic heterocycles. The molecule has 2 aliphatic heterocycles. The van der Waals surface area contributed by atoms with E-state index < -0.39 is 0 Å². The molecule has 1 fully saturated rings. The zero-order chi connectivity index (χ0) is 13.4. The van der Waals surface area contributed by atoms with E-state index in [9.17, 15) is 5.11 Å². The molecule has 0 spiro atoms. The van der Waals surface area contributed by atoms with Crippen molar-refractivity contribution in [2.24, 2.45) is 5.92 Å². The number of rotatable bonds is 3. The minimum Gasteiger partial charge on any atom is -0.454 e. The molecule has 2 unspecified atom stereocenters. The number of nitrogens with zero attached hydrogens (tertiary/aromatic N) is 1. The number of aliphatic hydroxyl groups is 1. The summed E-state index contributed by atoms with van der Waals surface area (Å²) in [6, 6.07) is 3.93. The molecule has 2 aliphatic rings. The molecule has 0 saturated carbocycles. The first-order valence-electron chi connectivity index (χ1n) is 6.62. The Morgan fingerprint density at radius 2 is 2.32 bits per heavy atom. The summed E-state index contributed by atoms with van der Waals surface area (Å²) in [6.07, 6.45) is 0.820. The van der Waals surface area contributed by atoms with E-state index in [0.717, 1.165) is 37.4 Å². The van der Waals surface area contributed by atoms with Crippen LogP contribution in [0, 0.1) is 5.92 Å². The Labute approximate surface area is 117 Å². The highest BCUT2D eigenvalue weighted by Gasteiger charge is 2.26. The van der Waals surface area contributed by atoms with Gasteiger partial charge in [-0.1, -0.05) is 11.6 Å². The summed E-state index contributed by atoms with van der Waals surface area (Å²) >= 11 is 6.18. The summed E-state index contributed by atoms with van der Waals surface area (Å²) in [4.78, 5) is 2.34. The molecule has 0 aliphatic carbocycles. The van der Waals surface area contributed by atoms with E-state index in [-0.39, 0.29) is 12.9 Å². The van der Waals surface area contributed by atoms with Gasteiger partial charge in [0.15, 0.2) is 11.5 Å².